The van der Waals surface area contributed by atoms with Crippen molar-refractivity contribution in [2.24, 2.45) is 0 Å². The Bertz CT molecular complexity index is 739. The second-order valence-corrected chi connectivity index (χ2v) is 9.89. The van der Waals surface area contributed by atoms with Crippen molar-refractivity contribution in [2.45, 2.75) is 20.1 Å². The van der Waals surface area contributed by atoms with Crippen LogP contribution in [-0.2, 0) is 23.2 Å². The molecule has 1 aliphatic heterocycles. The van der Waals surface area contributed by atoms with Crippen LogP contribution in [-0.4, -0.2) is 0 Å². The van der Waals surface area contributed by atoms with E-state index < -0.39 is 23.2 Å². The molecule has 1 saturated heterocycles. The molecule has 2 aromatic rings. The number of fused-ring (bicyclic) bond motifs is 6. The molecule has 1 heterocycles. The Morgan fingerprint density at radius 3 is 1.57 bits per heavy atom. The summed E-state index contributed by atoms with van der Waals surface area (Å²) in [6.07, 6.45) is 7.54. The second-order valence-electron chi connectivity index (χ2n) is 6.23. The minimum atomic E-state index is -0.553. The molecule has 2 unspecified atom stereocenters. The molecule has 2 atom stereocenters. The van der Waals surface area contributed by atoms with Crippen LogP contribution in [0.15, 0.2) is 59.7 Å². The molecule has 0 N–H and O–H groups in total. The monoisotopic (exact) mass is 504 g/mol. The maximum absolute atomic E-state index is 2.49. The Hall–Kier alpha value is -0.237. The van der Waals surface area contributed by atoms with E-state index in [1.165, 1.54) is 24.0 Å². The van der Waals surface area contributed by atoms with Crippen LogP contribution in [0.1, 0.15) is 42.3 Å². The predicted octanol–water partition coefficient (Wildman–Crippen LogP) is -0.853. The van der Waals surface area contributed by atoms with Crippen molar-refractivity contribution in [3.8, 4) is 0 Å². The summed E-state index contributed by atoms with van der Waals surface area (Å²) in [4.78, 5) is 0. The second kappa shape index (κ2) is 6.94. The van der Waals surface area contributed by atoms with Crippen LogP contribution >= 0.6 is 0 Å². The Morgan fingerprint density at radius 1 is 0.652 bits per heavy atom. The van der Waals surface area contributed by atoms with E-state index in [4.69, 9.17) is 0 Å². The van der Waals surface area contributed by atoms with E-state index in [-0.39, 0.29) is 34.0 Å². The first-order chi connectivity index (χ1) is 10.4. The zero-order chi connectivity index (χ0) is 13.8. The smallest absolute Gasteiger partial charge is 1.00 e. The summed E-state index contributed by atoms with van der Waals surface area (Å²) in [5.74, 6) is 0. The molecular weight excluding hydrogens is 491 g/mol. The average Bonchev–Trinajstić information content (AvgIpc) is 3.00. The largest absolute Gasteiger partial charge is 1.00 e. The summed E-state index contributed by atoms with van der Waals surface area (Å²) in [6, 6.07) is 18.2. The first kappa shape index (κ1) is 17.6. The molecule has 0 spiro atoms. The van der Waals surface area contributed by atoms with Crippen molar-refractivity contribution in [1.82, 2.24) is 0 Å². The molecule has 0 saturated carbocycles. The van der Waals surface area contributed by atoms with Gasteiger partial charge in [-0.2, -0.15) is 0 Å². The van der Waals surface area contributed by atoms with E-state index in [0.717, 1.165) is 7.25 Å². The SMILES string of the molecule is C1=C2CCC3=Cc4ccccc4[CH]3[Zr+2][CH]2c2ccccc21.[Br-].[Br-]. The zero-order valence-corrected chi connectivity index (χ0v) is 18.2. The number of rotatable bonds is 0. The van der Waals surface area contributed by atoms with Gasteiger partial charge in [0.15, 0.2) is 0 Å². The molecule has 1 fully saturated rings. The third kappa shape index (κ3) is 2.83. The maximum Gasteiger partial charge on any atom is -1.00 e. The number of benzene rings is 2. The summed E-state index contributed by atoms with van der Waals surface area (Å²) in [5.41, 5.74) is 9.72. The molecule has 0 amide bonds. The predicted molar refractivity (Wildman–Crippen MR) is 83.6 cm³/mol. The first-order valence-electron chi connectivity index (χ1n) is 7.75. The molecular formula is C20H16Br2Zr. The molecule has 0 bridgehead atoms. The fraction of sp³-hybridized carbons (Fsp3) is 0.200. The molecule has 23 heavy (non-hydrogen) atoms. The number of hydrogen-bond donors (Lipinski definition) is 0. The summed E-state index contributed by atoms with van der Waals surface area (Å²) < 4.78 is 1.62. The van der Waals surface area contributed by atoms with Gasteiger partial charge in [0.1, 0.15) is 0 Å². The number of hydrogen-bond acceptors (Lipinski definition) is 0. The fourth-order valence-electron chi connectivity index (χ4n) is 4.06. The molecule has 3 aliphatic rings. The van der Waals surface area contributed by atoms with E-state index in [9.17, 15) is 0 Å². The van der Waals surface area contributed by atoms with Crippen LogP contribution in [0, 0.1) is 0 Å². The number of halogens is 2. The average molecular weight is 507 g/mol. The summed E-state index contributed by atoms with van der Waals surface area (Å²) in [6.45, 7) is 0. The molecule has 0 nitrogen and oxygen atoms in total. The van der Waals surface area contributed by atoms with Crippen LogP contribution in [0.4, 0.5) is 0 Å². The van der Waals surface area contributed by atoms with E-state index in [2.05, 4.69) is 60.7 Å². The zero-order valence-electron chi connectivity index (χ0n) is 12.6. The summed E-state index contributed by atoms with van der Waals surface area (Å²) >= 11 is -0.553. The van der Waals surface area contributed by atoms with E-state index in [0.29, 0.717) is 0 Å². The van der Waals surface area contributed by atoms with Crippen molar-refractivity contribution in [1.29, 1.82) is 0 Å². The van der Waals surface area contributed by atoms with Gasteiger partial charge in [0.05, 0.1) is 0 Å². The summed E-state index contributed by atoms with van der Waals surface area (Å²) in [5, 5.41) is 0. The van der Waals surface area contributed by atoms with Gasteiger partial charge in [-0.1, -0.05) is 0 Å². The molecule has 2 aromatic carbocycles. The van der Waals surface area contributed by atoms with Crippen molar-refractivity contribution in [3.63, 3.8) is 0 Å². The minimum absolute atomic E-state index is 0. The summed E-state index contributed by atoms with van der Waals surface area (Å²) in [7, 11) is 0. The van der Waals surface area contributed by atoms with Crippen LogP contribution in [0.3, 0.4) is 0 Å². The molecule has 0 radical (unpaired) electrons. The maximum atomic E-state index is 2.49. The minimum Gasteiger partial charge on any atom is -1.00 e. The van der Waals surface area contributed by atoms with Crippen LogP contribution in [0.2, 0.25) is 0 Å². The third-order valence-corrected chi connectivity index (χ3v) is 10.1. The van der Waals surface area contributed by atoms with Gasteiger partial charge in [0.25, 0.3) is 0 Å². The van der Waals surface area contributed by atoms with Gasteiger partial charge >= 0.3 is 137 Å². The Morgan fingerprint density at radius 2 is 1.09 bits per heavy atom. The normalized spacial score (nSPS) is 22.3. The standard InChI is InChI=1S/C20H16.2BrH.Zr/c1-2-6-18-12-15(11-17(18)5-1)9-10-16-13-19-7-3-4-8-20(19)14-16;;;/h1-8,11-14H,9-10H2;2*1H;/q;;;+2/p-2. The molecule has 2 aliphatic carbocycles. The van der Waals surface area contributed by atoms with Crippen LogP contribution < -0.4 is 34.0 Å². The van der Waals surface area contributed by atoms with Gasteiger partial charge in [-0.05, 0) is 0 Å². The Balaban J connectivity index is 0.000000781. The van der Waals surface area contributed by atoms with Crippen molar-refractivity contribution in [3.05, 3.63) is 81.9 Å². The van der Waals surface area contributed by atoms with Gasteiger partial charge in [0.2, 0.25) is 0 Å². The van der Waals surface area contributed by atoms with E-state index in [1.807, 2.05) is 0 Å². The van der Waals surface area contributed by atoms with Crippen LogP contribution in [0.25, 0.3) is 12.2 Å². The van der Waals surface area contributed by atoms with E-state index >= 15 is 0 Å². The van der Waals surface area contributed by atoms with Gasteiger partial charge in [-0.3, -0.25) is 0 Å². The van der Waals surface area contributed by atoms with Gasteiger partial charge in [-0.15, -0.1) is 0 Å². The first-order valence-corrected chi connectivity index (χ1v) is 10.6. The Labute approximate surface area is 170 Å². The third-order valence-electron chi connectivity index (χ3n) is 5.07. The van der Waals surface area contributed by atoms with Crippen molar-refractivity contribution >= 4 is 12.2 Å². The molecule has 114 valence electrons. The topological polar surface area (TPSA) is 0 Å². The van der Waals surface area contributed by atoms with Crippen molar-refractivity contribution in [2.75, 3.05) is 0 Å². The molecule has 5 rings (SSSR count). The Kier molecular flexibility index (Phi) is 5.31. The van der Waals surface area contributed by atoms with Crippen molar-refractivity contribution < 1.29 is 57.2 Å². The van der Waals surface area contributed by atoms with E-state index in [1.54, 1.807) is 22.3 Å². The van der Waals surface area contributed by atoms with Gasteiger partial charge in [0, 0.05) is 0 Å². The quantitative estimate of drug-likeness (QED) is 0.436. The molecule has 0 aromatic heterocycles. The fourth-order valence-corrected chi connectivity index (χ4v) is 9.22. The van der Waals surface area contributed by atoms with Crippen LogP contribution in [0.5, 0.6) is 0 Å². The number of allylic oxidation sites excluding steroid dienone is 2. The van der Waals surface area contributed by atoms with Gasteiger partial charge in [-0.25, -0.2) is 0 Å². The van der Waals surface area contributed by atoms with Gasteiger partial charge < -0.3 is 34.0 Å². The molecule has 3 heteroatoms.